The van der Waals surface area contributed by atoms with Crippen LogP contribution in [0.5, 0.6) is 5.88 Å². The molecule has 0 atom stereocenters. The third kappa shape index (κ3) is 1.58. The third-order valence-corrected chi connectivity index (χ3v) is 3.35. The van der Waals surface area contributed by atoms with Crippen molar-refractivity contribution in [1.82, 2.24) is 15.0 Å². The van der Waals surface area contributed by atoms with E-state index in [2.05, 4.69) is 15.0 Å². The fourth-order valence-electron chi connectivity index (χ4n) is 1.55. The number of hydrogen-bond acceptors (Lipinski definition) is 6. The second kappa shape index (κ2) is 3.67. The summed E-state index contributed by atoms with van der Waals surface area (Å²) >= 11 is 1.33. The minimum atomic E-state index is -0.0384. The van der Waals surface area contributed by atoms with Crippen LogP contribution in [0.1, 0.15) is 0 Å². The van der Waals surface area contributed by atoms with E-state index in [1.54, 1.807) is 29.9 Å². The molecule has 0 saturated heterocycles. The summed E-state index contributed by atoms with van der Waals surface area (Å²) in [4.78, 5) is 12.3. The molecule has 0 saturated carbocycles. The standard InChI is InChI=1S/C11H8N4OS/c12-7-5-17-9-8(7)14-10(15-11(9)16)6-1-3-13-4-2-6/h1-5H,12H2,(H,14,15,16). The minimum Gasteiger partial charge on any atom is -0.492 e. The van der Waals surface area contributed by atoms with E-state index < -0.39 is 0 Å². The van der Waals surface area contributed by atoms with Gasteiger partial charge < -0.3 is 10.8 Å². The monoisotopic (exact) mass is 244 g/mol. The Morgan fingerprint density at radius 1 is 1.18 bits per heavy atom. The number of rotatable bonds is 1. The molecule has 0 aliphatic carbocycles. The third-order valence-electron chi connectivity index (χ3n) is 2.36. The van der Waals surface area contributed by atoms with Crippen LogP contribution in [0.2, 0.25) is 0 Å². The van der Waals surface area contributed by atoms with Crippen LogP contribution in [0.25, 0.3) is 21.6 Å². The summed E-state index contributed by atoms with van der Waals surface area (Å²) in [7, 11) is 0. The summed E-state index contributed by atoms with van der Waals surface area (Å²) in [6.07, 6.45) is 3.30. The van der Waals surface area contributed by atoms with E-state index >= 15 is 0 Å². The van der Waals surface area contributed by atoms with E-state index in [9.17, 15) is 5.11 Å². The first-order chi connectivity index (χ1) is 8.25. The Morgan fingerprint density at radius 2 is 1.94 bits per heavy atom. The SMILES string of the molecule is Nc1csc2c(O)nc(-c3ccncc3)nc12. The van der Waals surface area contributed by atoms with Crippen molar-refractivity contribution >= 4 is 27.2 Å². The molecule has 3 heterocycles. The number of anilines is 1. The van der Waals surface area contributed by atoms with Crippen molar-refractivity contribution in [2.24, 2.45) is 0 Å². The van der Waals surface area contributed by atoms with Gasteiger partial charge in [0.05, 0.1) is 5.69 Å². The van der Waals surface area contributed by atoms with Gasteiger partial charge in [-0.15, -0.1) is 11.3 Å². The van der Waals surface area contributed by atoms with Gasteiger partial charge in [0.15, 0.2) is 5.82 Å². The fourth-order valence-corrected chi connectivity index (χ4v) is 2.33. The van der Waals surface area contributed by atoms with E-state index in [0.717, 1.165) is 5.56 Å². The van der Waals surface area contributed by atoms with Crippen LogP contribution >= 0.6 is 11.3 Å². The largest absolute Gasteiger partial charge is 0.492 e. The van der Waals surface area contributed by atoms with Crippen LogP contribution in [-0.4, -0.2) is 20.1 Å². The van der Waals surface area contributed by atoms with Crippen molar-refractivity contribution in [2.45, 2.75) is 0 Å². The first-order valence-corrected chi connectivity index (χ1v) is 5.78. The van der Waals surface area contributed by atoms with Gasteiger partial charge in [0.2, 0.25) is 5.88 Å². The Labute approximate surface area is 101 Å². The highest BCUT2D eigenvalue weighted by Crippen LogP contribution is 2.33. The summed E-state index contributed by atoms with van der Waals surface area (Å²) in [6.45, 7) is 0. The molecule has 3 aromatic rings. The van der Waals surface area contributed by atoms with E-state index in [1.165, 1.54) is 11.3 Å². The van der Waals surface area contributed by atoms with E-state index in [0.29, 0.717) is 21.7 Å². The lowest BCUT2D eigenvalue weighted by Gasteiger charge is -2.01. The van der Waals surface area contributed by atoms with Crippen LogP contribution in [0.15, 0.2) is 29.9 Å². The number of aromatic nitrogens is 3. The van der Waals surface area contributed by atoms with Gasteiger partial charge in [0, 0.05) is 23.3 Å². The summed E-state index contributed by atoms with van der Waals surface area (Å²) in [5.41, 5.74) is 7.73. The van der Waals surface area contributed by atoms with Gasteiger partial charge in [0.1, 0.15) is 10.2 Å². The van der Waals surface area contributed by atoms with Gasteiger partial charge in [-0.05, 0) is 12.1 Å². The van der Waals surface area contributed by atoms with Crippen LogP contribution in [0, 0.1) is 0 Å². The van der Waals surface area contributed by atoms with Crippen molar-refractivity contribution in [3.05, 3.63) is 29.9 Å². The lowest BCUT2D eigenvalue weighted by Crippen LogP contribution is -1.91. The molecule has 6 heteroatoms. The van der Waals surface area contributed by atoms with Gasteiger partial charge in [-0.2, -0.15) is 4.98 Å². The van der Waals surface area contributed by atoms with Gasteiger partial charge >= 0.3 is 0 Å². The number of fused-ring (bicyclic) bond motifs is 1. The second-order valence-corrected chi connectivity index (χ2v) is 4.36. The molecule has 0 fully saturated rings. The van der Waals surface area contributed by atoms with Gasteiger partial charge in [0.25, 0.3) is 0 Å². The first kappa shape index (κ1) is 9.98. The number of pyridine rings is 1. The molecule has 0 amide bonds. The number of hydrogen-bond donors (Lipinski definition) is 2. The van der Waals surface area contributed by atoms with E-state index in [-0.39, 0.29) is 5.88 Å². The van der Waals surface area contributed by atoms with Crippen molar-refractivity contribution < 1.29 is 5.11 Å². The Balaban J connectivity index is 2.28. The highest BCUT2D eigenvalue weighted by Gasteiger charge is 2.12. The van der Waals surface area contributed by atoms with E-state index in [1.807, 2.05) is 0 Å². The Morgan fingerprint density at radius 3 is 2.71 bits per heavy atom. The topological polar surface area (TPSA) is 84.9 Å². The highest BCUT2D eigenvalue weighted by atomic mass is 32.1. The fraction of sp³-hybridized carbons (Fsp3) is 0. The molecule has 0 bridgehead atoms. The lowest BCUT2D eigenvalue weighted by molar-refractivity contribution is 0.461. The van der Waals surface area contributed by atoms with Crippen molar-refractivity contribution in [3.63, 3.8) is 0 Å². The summed E-state index contributed by atoms with van der Waals surface area (Å²) in [6, 6.07) is 3.56. The Hall–Kier alpha value is -2.21. The molecule has 17 heavy (non-hydrogen) atoms. The molecular formula is C11H8N4OS. The molecule has 0 aliphatic rings. The van der Waals surface area contributed by atoms with E-state index in [4.69, 9.17) is 5.73 Å². The number of aromatic hydroxyl groups is 1. The first-order valence-electron chi connectivity index (χ1n) is 4.90. The van der Waals surface area contributed by atoms with Crippen LogP contribution in [-0.2, 0) is 0 Å². The molecule has 0 spiro atoms. The average molecular weight is 244 g/mol. The molecule has 3 aromatic heterocycles. The minimum absolute atomic E-state index is 0.0384. The smallest absolute Gasteiger partial charge is 0.233 e. The maximum Gasteiger partial charge on any atom is 0.233 e. The predicted octanol–water partition coefficient (Wildman–Crippen LogP) is 2.04. The zero-order valence-corrected chi connectivity index (χ0v) is 9.48. The molecule has 0 aromatic carbocycles. The molecule has 0 radical (unpaired) electrons. The Kier molecular flexibility index (Phi) is 2.15. The molecule has 0 unspecified atom stereocenters. The predicted molar refractivity (Wildman–Crippen MR) is 66.7 cm³/mol. The second-order valence-electron chi connectivity index (χ2n) is 3.48. The zero-order valence-electron chi connectivity index (χ0n) is 8.66. The molecule has 3 rings (SSSR count). The number of nitrogen functional groups attached to an aromatic ring is 1. The zero-order chi connectivity index (χ0) is 11.8. The van der Waals surface area contributed by atoms with Crippen molar-refractivity contribution in [2.75, 3.05) is 5.73 Å². The molecule has 5 nitrogen and oxygen atoms in total. The molecule has 3 N–H and O–H groups in total. The Bertz CT molecular complexity index is 681. The number of thiophene rings is 1. The van der Waals surface area contributed by atoms with Crippen molar-refractivity contribution in [1.29, 1.82) is 0 Å². The normalized spacial score (nSPS) is 10.8. The summed E-state index contributed by atoms with van der Waals surface area (Å²) < 4.78 is 0.611. The summed E-state index contributed by atoms with van der Waals surface area (Å²) in [5, 5.41) is 11.6. The lowest BCUT2D eigenvalue weighted by atomic mass is 10.2. The maximum absolute atomic E-state index is 9.81. The molecule has 0 aliphatic heterocycles. The molecular weight excluding hydrogens is 236 g/mol. The van der Waals surface area contributed by atoms with Gasteiger partial charge in [-0.25, -0.2) is 4.98 Å². The summed E-state index contributed by atoms with van der Waals surface area (Å²) in [5.74, 6) is 0.408. The van der Waals surface area contributed by atoms with Crippen LogP contribution < -0.4 is 5.73 Å². The maximum atomic E-state index is 9.81. The number of nitrogens with two attached hydrogens (primary N) is 1. The van der Waals surface area contributed by atoms with Crippen LogP contribution in [0.3, 0.4) is 0 Å². The quantitative estimate of drug-likeness (QED) is 0.684. The highest BCUT2D eigenvalue weighted by molar-refractivity contribution is 7.18. The molecule has 84 valence electrons. The van der Waals surface area contributed by atoms with Crippen LogP contribution in [0.4, 0.5) is 5.69 Å². The van der Waals surface area contributed by atoms with Gasteiger partial charge in [-0.1, -0.05) is 0 Å². The van der Waals surface area contributed by atoms with Gasteiger partial charge in [-0.3, -0.25) is 4.98 Å². The van der Waals surface area contributed by atoms with Crippen molar-refractivity contribution in [3.8, 4) is 17.3 Å². The number of nitrogens with zero attached hydrogens (tertiary/aromatic N) is 3. The average Bonchev–Trinajstić information content (AvgIpc) is 2.73.